The molecule has 0 bridgehead atoms. The number of aliphatic hydroxyl groups excluding tert-OH is 1. The van der Waals surface area contributed by atoms with E-state index in [0.717, 1.165) is 28.6 Å². The number of ketones is 1. The van der Waals surface area contributed by atoms with Crippen molar-refractivity contribution in [1.82, 2.24) is 4.98 Å². The van der Waals surface area contributed by atoms with Crippen LogP contribution in [-0.2, 0) is 30.3 Å². The summed E-state index contributed by atoms with van der Waals surface area (Å²) in [5.41, 5.74) is 9.41. The molecule has 0 spiro atoms. The van der Waals surface area contributed by atoms with Crippen LogP contribution < -0.4 is 0 Å². The van der Waals surface area contributed by atoms with Gasteiger partial charge >= 0.3 is 0 Å². The minimum Gasteiger partial charge on any atom is -0.512 e. The summed E-state index contributed by atoms with van der Waals surface area (Å²) < 4.78 is 0. The quantitative estimate of drug-likeness (QED) is 0.0927. The zero-order chi connectivity index (χ0) is 39.2. The van der Waals surface area contributed by atoms with Crippen LogP contribution in [0.2, 0.25) is 0 Å². The molecule has 1 aliphatic carbocycles. The van der Waals surface area contributed by atoms with E-state index in [2.05, 4.69) is 117 Å². The standard InChI is InChI=1S/C39H50N.C11H20O2.Ir/c1-25(2)23-39(24-26(3)4)16-14-29(15-17-39)33-22-35(40-36-19-27(5)18-28(6)37(33)36)31-20-30-12-10-11-13-32(30)34(21-31)38(7,8)9;1-8(2)5-10(12)7-11(13)6-9(3)4;/h10-13,18-19,21-22,25-26,29H,14-17,23-24H2,1-9H3;7-9,12H,5-6H2,1-4H3;/q-1;;/b;10-7-;. The van der Waals surface area contributed by atoms with Gasteiger partial charge in [-0.25, -0.2) is 0 Å². The van der Waals surface area contributed by atoms with Crippen molar-refractivity contribution in [2.24, 2.45) is 29.1 Å². The number of aliphatic hydroxyl groups is 1. The number of carbonyl (C=O) groups is 1. The minimum absolute atomic E-state index is 0. The fraction of sp³-hybridized carbons (Fsp3) is 0.560. The maximum atomic E-state index is 11.2. The Balaban J connectivity index is 0.000000481. The number of allylic oxidation sites excluding steroid dienone is 2. The van der Waals surface area contributed by atoms with Gasteiger partial charge in [0.05, 0.1) is 11.3 Å². The third-order valence-electron chi connectivity index (χ3n) is 10.9. The summed E-state index contributed by atoms with van der Waals surface area (Å²) in [6.45, 7) is 29.1. The van der Waals surface area contributed by atoms with E-state index in [1.54, 1.807) is 0 Å². The molecule has 1 N–H and O–H groups in total. The van der Waals surface area contributed by atoms with Gasteiger partial charge in [0.25, 0.3) is 0 Å². The Morgan fingerprint density at radius 2 is 1.46 bits per heavy atom. The molecule has 0 atom stereocenters. The summed E-state index contributed by atoms with van der Waals surface area (Å²) in [5.74, 6) is 3.08. The van der Waals surface area contributed by atoms with Gasteiger partial charge in [-0.15, -0.1) is 29.1 Å². The first-order valence-electron chi connectivity index (χ1n) is 20.6. The van der Waals surface area contributed by atoms with Crippen LogP contribution in [0.25, 0.3) is 32.9 Å². The molecular formula is C50H70IrNO2-. The molecule has 1 aliphatic rings. The summed E-state index contributed by atoms with van der Waals surface area (Å²) in [6, 6.07) is 21.9. The van der Waals surface area contributed by atoms with Gasteiger partial charge < -0.3 is 5.11 Å². The van der Waals surface area contributed by atoms with Gasteiger partial charge in [0.15, 0.2) is 5.78 Å². The maximum Gasteiger partial charge on any atom is 0.159 e. The van der Waals surface area contributed by atoms with Crippen molar-refractivity contribution in [3.8, 4) is 11.3 Å². The van der Waals surface area contributed by atoms with Gasteiger partial charge in [-0.2, -0.15) is 0 Å². The number of pyridine rings is 1. The van der Waals surface area contributed by atoms with Gasteiger partial charge in [0.2, 0.25) is 0 Å². The second kappa shape index (κ2) is 19.4. The minimum atomic E-state index is 0. The third-order valence-corrected chi connectivity index (χ3v) is 10.9. The van der Waals surface area contributed by atoms with Gasteiger partial charge in [-0.1, -0.05) is 117 Å². The van der Waals surface area contributed by atoms with E-state index in [4.69, 9.17) is 4.98 Å². The topological polar surface area (TPSA) is 50.2 Å². The Morgan fingerprint density at radius 1 is 0.870 bits per heavy atom. The third kappa shape index (κ3) is 12.3. The van der Waals surface area contributed by atoms with Crippen LogP contribution in [0.5, 0.6) is 0 Å². The molecule has 3 aromatic carbocycles. The molecule has 3 nitrogen and oxygen atoms in total. The number of aryl methyl sites for hydroxylation is 2. The Kier molecular flexibility index (Phi) is 16.3. The van der Waals surface area contributed by atoms with Crippen LogP contribution in [0, 0.1) is 49.0 Å². The first kappa shape index (κ1) is 45.6. The largest absolute Gasteiger partial charge is 0.512 e. The summed E-state index contributed by atoms with van der Waals surface area (Å²) in [6.07, 6.45) is 10.4. The number of fused-ring (bicyclic) bond motifs is 2. The number of benzene rings is 3. The molecular weight excluding hydrogens is 839 g/mol. The van der Waals surface area contributed by atoms with Crippen LogP contribution in [-0.4, -0.2) is 15.9 Å². The van der Waals surface area contributed by atoms with Crippen molar-refractivity contribution in [2.75, 3.05) is 0 Å². The van der Waals surface area contributed by atoms with Gasteiger partial charge in [-0.05, 0) is 116 Å². The SMILES string of the molecule is CC(C)CC(=O)/C=C(\O)CC(C)C.Cc1cc(C)c2c(C3CCC(CC(C)C)(CC(C)C)CC3)cc(-c3[c-]c4ccccc4c(C(C)(C)C)c3)nc2c1.[Ir]. The van der Waals surface area contributed by atoms with Crippen LogP contribution in [0.3, 0.4) is 0 Å². The monoisotopic (exact) mass is 910 g/mol. The summed E-state index contributed by atoms with van der Waals surface area (Å²) >= 11 is 0. The number of carbonyl (C=O) groups excluding carboxylic acids is 1. The average molecular weight is 909 g/mol. The molecule has 0 unspecified atom stereocenters. The van der Waals surface area contributed by atoms with Crippen molar-refractivity contribution in [1.29, 1.82) is 0 Å². The van der Waals surface area contributed by atoms with Crippen LogP contribution >= 0.6 is 0 Å². The van der Waals surface area contributed by atoms with E-state index in [0.29, 0.717) is 36.0 Å². The van der Waals surface area contributed by atoms with E-state index in [9.17, 15) is 9.90 Å². The normalized spacial score (nSPS) is 15.2. The van der Waals surface area contributed by atoms with Crippen molar-refractivity contribution >= 4 is 27.5 Å². The van der Waals surface area contributed by atoms with E-state index >= 15 is 0 Å². The number of aromatic nitrogens is 1. The van der Waals surface area contributed by atoms with Gasteiger partial charge in [0.1, 0.15) is 0 Å². The molecule has 1 heterocycles. The van der Waals surface area contributed by atoms with Crippen LogP contribution in [0.15, 0.2) is 60.4 Å². The molecule has 297 valence electrons. The Morgan fingerprint density at radius 3 is 2.02 bits per heavy atom. The molecule has 5 rings (SSSR count). The van der Waals surface area contributed by atoms with E-state index < -0.39 is 0 Å². The van der Waals surface area contributed by atoms with E-state index in [1.807, 2.05) is 27.7 Å². The molecule has 1 saturated carbocycles. The van der Waals surface area contributed by atoms with Gasteiger partial charge in [-0.3, -0.25) is 9.78 Å². The maximum absolute atomic E-state index is 11.2. The predicted molar refractivity (Wildman–Crippen MR) is 229 cm³/mol. The van der Waals surface area contributed by atoms with Crippen molar-refractivity contribution in [3.05, 3.63) is 88.7 Å². The van der Waals surface area contributed by atoms with E-state index in [-0.39, 0.29) is 37.1 Å². The van der Waals surface area contributed by atoms with Crippen LogP contribution in [0.4, 0.5) is 0 Å². The molecule has 0 aliphatic heterocycles. The number of hydrogen-bond acceptors (Lipinski definition) is 3. The first-order chi connectivity index (χ1) is 24.8. The summed E-state index contributed by atoms with van der Waals surface area (Å²) in [4.78, 5) is 16.5. The molecule has 0 saturated heterocycles. The molecule has 1 radical (unpaired) electrons. The van der Waals surface area contributed by atoms with Crippen molar-refractivity contribution in [3.63, 3.8) is 0 Å². The second-order valence-corrected chi connectivity index (χ2v) is 19.2. The van der Waals surface area contributed by atoms with Crippen LogP contribution in [0.1, 0.15) is 156 Å². The number of nitrogens with zero attached hydrogens (tertiary/aromatic N) is 1. The average Bonchev–Trinajstić information content (AvgIpc) is 3.02. The second-order valence-electron chi connectivity index (χ2n) is 19.2. The zero-order valence-corrected chi connectivity index (χ0v) is 38.3. The van der Waals surface area contributed by atoms with E-state index in [1.165, 1.54) is 83.0 Å². The molecule has 54 heavy (non-hydrogen) atoms. The summed E-state index contributed by atoms with van der Waals surface area (Å²) in [7, 11) is 0. The number of rotatable bonds is 11. The Bertz CT molecular complexity index is 1870. The fourth-order valence-corrected chi connectivity index (χ4v) is 9.13. The molecule has 4 aromatic rings. The van der Waals surface area contributed by atoms with Gasteiger partial charge in [0, 0.05) is 50.1 Å². The smallest absolute Gasteiger partial charge is 0.159 e. The van der Waals surface area contributed by atoms with Crippen molar-refractivity contribution in [2.45, 2.75) is 153 Å². The zero-order valence-electron chi connectivity index (χ0n) is 35.9. The number of hydrogen-bond donors (Lipinski definition) is 1. The fourth-order valence-electron chi connectivity index (χ4n) is 9.13. The molecule has 0 amide bonds. The Labute approximate surface area is 342 Å². The molecule has 1 aromatic heterocycles. The molecule has 4 heteroatoms. The Hall–Kier alpha value is -2.81. The summed E-state index contributed by atoms with van der Waals surface area (Å²) in [5, 5.41) is 13.2. The van der Waals surface area contributed by atoms with Crippen molar-refractivity contribution < 1.29 is 30.0 Å². The first-order valence-corrected chi connectivity index (χ1v) is 20.6. The molecule has 1 fully saturated rings. The predicted octanol–water partition coefficient (Wildman–Crippen LogP) is 14.6.